The first kappa shape index (κ1) is 18.8. The molecule has 1 N–H and O–H groups in total. The van der Waals surface area contributed by atoms with Crippen molar-refractivity contribution in [3.8, 4) is 0 Å². The van der Waals surface area contributed by atoms with Gasteiger partial charge in [-0.3, -0.25) is 0 Å². The molecule has 0 fully saturated rings. The molecule has 0 radical (unpaired) electrons. The Morgan fingerprint density at radius 2 is 1.79 bits per heavy atom. The zero-order valence-corrected chi connectivity index (χ0v) is 17.6. The van der Waals surface area contributed by atoms with Crippen molar-refractivity contribution >= 4 is 53.8 Å². The Morgan fingerprint density at radius 3 is 2.54 bits per heavy atom. The van der Waals surface area contributed by atoms with Crippen molar-refractivity contribution < 1.29 is 8.42 Å². The van der Waals surface area contributed by atoms with Crippen LogP contribution >= 0.6 is 11.3 Å². The number of sulfone groups is 1. The Kier molecular flexibility index (Phi) is 4.35. The Balaban J connectivity index is 1.86. The molecule has 28 heavy (non-hydrogen) atoms. The van der Waals surface area contributed by atoms with E-state index in [-0.39, 0.29) is 0 Å². The van der Waals surface area contributed by atoms with E-state index in [1.807, 2.05) is 18.2 Å². The molecule has 144 valence electrons. The van der Waals surface area contributed by atoms with Gasteiger partial charge in [-0.1, -0.05) is 0 Å². The summed E-state index contributed by atoms with van der Waals surface area (Å²) in [5, 5.41) is 3.95. The minimum absolute atomic E-state index is 0.306. The molecule has 4 rings (SSSR count). The molecule has 8 heteroatoms. The average Bonchev–Trinajstić information content (AvgIpc) is 3.08. The van der Waals surface area contributed by atoms with Crippen LogP contribution < -0.4 is 5.32 Å². The van der Waals surface area contributed by atoms with Crippen LogP contribution in [0.1, 0.15) is 26.3 Å². The van der Waals surface area contributed by atoms with E-state index in [0.717, 1.165) is 15.9 Å². The zero-order chi connectivity index (χ0) is 20.1. The van der Waals surface area contributed by atoms with Crippen LogP contribution in [0.2, 0.25) is 0 Å². The van der Waals surface area contributed by atoms with Crippen molar-refractivity contribution in [2.75, 3.05) is 5.32 Å². The molecule has 4 aromatic rings. The van der Waals surface area contributed by atoms with Crippen molar-refractivity contribution in [2.24, 2.45) is 0 Å². The van der Waals surface area contributed by atoms with Gasteiger partial charge in [-0.15, -0.1) is 11.3 Å². The number of aromatic nitrogens is 3. The molecule has 2 aromatic heterocycles. The summed E-state index contributed by atoms with van der Waals surface area (Å²) in [4.78, 5) is 13.3. The smallest absolute Gasteiger partial charge is 0.183 e. The zero-order valence-electron chi connectivity index (χ0n) is 16.0. The summed E-state index contributed by atoms with van der Waals surface area (Å²) in [5.41, 5.74) is 4.91. The number of benzene rings is 2. The number of nitrogens with one attached hydrogen (secondary N) is 1. The maximum absolute atomic E-state index is 13.0. The predicted octanol–water partition coefficient (Wildman–Crippen LogP) is 4.86. The monoisotopic (exact) mass is 412 g/mol. The van der Waals surface area contributed by atoms with E-state index in [0.29, 0.717) is 27.2 Å². The fourth-order valence-corrected chi connectivity index (χ4v) is 5.05. The van der Waals surface area contributed by atoms with E-state index in [4.69, 9.17) is 0 Å². The lowest BCUT2D eigenvalue weighted by Crippen LogP contribution is -2.28. The number of thiazole rings is 1. The normalized spacial score (nSPS) is 12.6. The first-order valence-electron chi connectivity index (χ1n) is 8.77. The van der Waals surface area contributed by atoms with E-state index in [9.17, 15) is 8.42 Å². The third-order valence-corrected chi connectivity index (χ3v) is 8.06. The summed E-state index contributed by atoms with van der Waals surface area (Å²) in [6.07, 6.45) is 1.48. The minimum atomic E-state index is -3.50. The molecule has 2 aromatic carbocycles. The van der Waals surface area contributed by atoms with Gasteiger partial charge in [0.25, 0.3) is 0 Å². The number of hydrogen-bond donors (Lipinski definition) is 1. The highest BCUT2D eigenvalue weighted by atomic mass is 32.2. The maximum atomic E-state index is 13.0. The van der Waals surface area contributed by atoms with Crippen molar-refractivity contribution in [3.63, 3.8) is 0 Å². The molecule has 0 bridgehead atoms. The second-order valence-electron chi connectivity index (χ2n) is 7.63. The second-order valence-corrected chi connectivity index (χ2v) is 11.2. The fraction of sp³-hybridized carbons (Fsp3) is 0.250. The van der Waals surface area contributed by atoms with Crippen LogP contribution in [0.3, 0.4) is 0 Å². The van der Waals surface area contributed by atoms with Crippen molar-refractivity contribution in [1.29, 1.82) is 0 Å². The van der Waals surface area contributed by atoms with E-state index < -0.39 is 14.6 Å². The first-order chi connectivity index (χ1) is 13.2. The fourth-order valence-electron chi connectivity index (χ4n) is 2.98. The standard InChI is InChI=1S/C20H20N4O2S2/c1-12-7-15-14(9-18(12)28(25,26)20(2,3)4)19(22-10-21-15)24-13-5-6-17-16(8-13)23-11-27-17/h5-11H,1-4H3,(H,21,22,24). The largest absolute Gasteiger partial charge is 0.340 e. The lowest BCUT2D eigenvalue weighted by molar-refractivity contribution is 0.560. The quantitative estimate of drug-likeness (QED) is 0.517. The van der Waals surface area contributed by atoms with Gasteiger partial charge in [0.05, 0.1) is 30.9 Å². The first-order valence-corrected chi connectivity index (χ1v) is 11.1. The molecule has 0 aliphatic carbocycles. The van der Waals surface area contributed by atoms with Crippen LogP contribution in [0.25, 0.3) is 21.1 Å². The predicted molar refractivity (Wildman–Crippen MR) is 114 cm³/mol. The van der Waals surface area contributed by atoms with Gasteiger partial charge in [-0.25, -0.2) is 23.4 Å². The Bertz CT molecular complexity index is 1310. The van der Waals surface area contributed by atoms with E-state index in [1.54, 1.807) is 56.7 Å². The third-order valence-electron chi connectivity index (χ3n) is 4.62. The molecule has 0 spiro atoms. The SMILES string of the molecule is Cc1cc2ncnc(Nc3ccc4scnc4c3)c2cc1S(=O)(=O)C(C)(C)C. The van der Waals surface area contributed by atoms with Crippen LogP contribution in [0.5, 0.6) is 0 Å². The number of nitrogens with zero attached hydrogens (tertiary/aromatic N) is 3. The van der Waals surface area contributed by atoms with Crippen molar-refractivity contribution in [3.05, 3.63) is 47.7 Å². The van der Waals surface area contributed by atoms with E-state index >= 15 is 0 Å². The number of aryl methyl sites for hydroxylation is 1. The molecule has 0 unspecified atom stereocenters. The highest BCUT2D eigenvalue weighted by molar-refractivity contribution is 7.92. The van der Waals surface area contributed by atoms with Crippen molar-refractivity contribution in [1.82, 2.24) is 15.0 Å². The highest BCUT2D eigenvalue weighted by Crippen LogP contribution is 2.33. The maximum Gasteiger partial charge on any atom is 0.183 e. The summed E-state index contributed by atoms with van der Waals surface area (Å²) in [6.45, 7) is 6.91. The summed E-state index contributed by atoms with van der Waals surface area (Å²) in [7, 11) is -3.50. The van der Waals surface area contributed by atoms with Gasteiger partial charge in [0.15, 0.2) is 9.84 Å². The molecule has 0 amide bonds. The Hall–Kier alpha value is -2.58. The minimum Gasteiger partial charge on any atom is -0.340 e. The molecule has 0 atom stereocenters. The van der Waals surface area contributed by atoms with Gasteiger partial charge < -0.3 is 5.32 Å². The summed E-state index contributed by atoms with van der Waals surface area (Å²) >= 11 is 1.58. The molecule has 6 nitrogen and oxygen atoms in total. The molecular formula is C20H20N4O2S2. The lowest BCUT2D eigenvalue weighted by Gasteiger charge is -2.21. The van der Waals surface area contributed by atoms with Gasteiger partial charge in [-0.2, -0.15) is 0 Å². The highest BCUT2D eigenvalue weighted by Gasteiger charge is 2.32. The number of fused-ring (bicyclic) bond motifs is 2. The molecule has 0 aliphatic rings. The molecular weight excluding hydrogens is 392 g/mol. The molecule has 2 heterocycles. The third kappa shape index (κ3) is 3.12. The average molecular weight is 413 g/mol. The van der Waals surface area contributed by atoms with Crippen LogP contribution in [-0.2, 0) is 9.84 Å². The van der Waals surface area contributed by atoms with E-state index in [2.05, 4.69) is 20.3 Å². The summed E-state index contributed by atoms with van der Waals surface area (Å²) < 4.78 is 26.3. The van der Waals surface area contributed by atoms with E-state index in [1.165, 1.54) is 6.33 Å². The molecule has 0 saturated carbocycles. The van der Waals surface area contributed by atoms with Crippen LogP contribution in [0.4, 0.5) is 11.5 Å². The lowest BCUT2D eigenvalue weighted by atomic mass is 10.1. The Labute approximate surface area is 167 Å². The number of hydrogen-bond acceptors (Lipinski definition) is 7. The van der Waals surface area contributed by atoms with Crippen LogP contribution in [-0.4, -0.2) is 28.1 Å². The summed E-state index contributed by atoms with van der Waals surface area (Å²) in [5.74, 6) is 0.560. The number of rotatable bonds is 3. The Morgan fingerprint density at radius 1 is 1.00 bits per heavy atom. The van der Waals surface area contributed by atoms with Gasteiger partial charge in [0, 0.05) is 11.1 Å². The van der Waals surface area contributed by atoms with Crippen molar-refractivity contribution in [2.45, 2.75) is 37.3 Å². The second kappa shape index (κ2) is 6.49. The van der Waals surface area contributed by atoms with Crippen LogP contribution in [0.15, 0.2) is 47.1 Å². The van der Waals surface area contributed by atoms with Gasteiger partial charge in [0.1, 0.15) is 12.1 Å². The molecule has 0 aliphatic heterocycles. The topological polar surface area (TPSA) is 84.8 Å². The van der Waals surface area contributed by atoms with Crippen LogP contribution in [0, 0.1) is 6.92 Å². The van der Waals surface area contributed by atoms with Gasteiger partial charge in [-0.05, 0) is 63.6 Å². The van der Waals surface area contributed by atoms with Gasteiger partial charge in [0.2, 0.25) is 0 Å². The number of anilines is 2. The van der Waals surface area contributed by atoms with Gasteiger partial charge >= 0.3 is 0 Å². The molecule has 0 saturated heterocycles. The summed E-state index contributed by atoms with van der Waals surface area (Å²) in [6, 6.07) is 9.37.